The summed E-state index contributed by atoms with van der Waals surface area (Å²) in [7, 11) is 3.54. The maximum absolute atomic E-state index is 5.95. The van der Waals surface area contributed by atoms with E-state index in [9.17, 15) is 0 Å². The van der Waals surface area contributed by atoms with Gasteiger partial charge >= 0.3 is 0 Å². The smallest absolute Gasteiger partial charge is 0.193 e. The molecule has 27 heavy (non-hydrogen) atoms. The first kappa shape index (κ1) is 21.5. The third-order valence-corrected chi connectivity index (χ3v) is 4.56. The summed E-state index contributed by atoms with van der Waals surface area (Å²) >= 11 is 0. The van der Waals surface area contributed by atoms with Crippen molar-refractivity contribution < 1.29 is 14.2 Å². The molecular formula is C21H35N3O3. The van der Waals surface area contributed by atoms with Gasteiger partial charge in [-0.05, 0) is 18.4 Å². The van der Waals surface area contributed by atoms with E-state index in [1.54, 1.807) is 7.11 Å². The maximum Gasteiger partial charge on any atom is 0.193 e. The molecule has 0 bridgehead atoms. The SMILES string of the molecule is CN=C(NCc1ccccc1OCC(C)C)N1CCC(COCCOC)C1. The quantitative estimate of drug-likeness (QED) is 0.386. The van der Waals surface area contributed by atoms with E-state index in [-0.39, 0.29) is 0 Å². The number of aliphatic imine (C=N–C) groups is 1. The van der Waals surface area contributed by atoms with Crippen molar-refractivity contribution in [3.63, 3.8) is 0 Å². The molecule has 0 saturated carbocycles. The number of nitrogens with zero attached hydrogens (tertiary/aromatic N) is 2. The molecule has 6 nitrogen and oxygen atoms in total. The number of rotatable bonds is 10. The van der Waals surface area contributed by atoms with Crippen molar-refractivity contribution in [1.29, 1.82) is 0 Å². The fraction of sp³-hybridized carbons (Fsp3) is 0.667. The Balaban J connectivity index is 1.82. The molecular weight excluding hydrogens is 342 g/mol. The number of hydrogen-bond donors (Lipinski definition) is 1. The minimum Gasteiger partial charge on any atom is -0.493 e. The maximum atomic E-state index is 5.95. The van der Waals surface area contributed by atoms with E-state index in [0.29, 0.717) is 31.6 Å². The Kier molecular flexibility index (Phi) is 9.42. The van der Waals surface area contributed by atoms with Crippen molar-refractivity contribution >= 4 is 5.96 Å². The Morgan fingerprint density at radius 3 is 2.85 bits per heavy atom. The van der Waals surface area contributed by atoms with Crippen molar-refractivity contribution in [2.45, 2.75) is 26.8 Å². The van der Waals surface area contributed by atoms with Gasteiger partial charge in [-0.2, -0.15) is 0 Å². The summed E-state index contributed by atoms with van der Waals surface area (Å²) in [4.78, 5) is 6.77. The Morgan fingerprint density at radius 1 is 1.30 bits per heavy atom. The Hall–Kier alpha value is -1.79. The van der Waals surface area contributed by atoms with E-state index in [0.717, 1.165) is 50.0 Å². The highest BCUT2D eigenvalue weighted by molar-refractivity contribution is 5.80. The van der Waals surface area contributed by atoms with Gasteiger partial charge in [-0.15, -0.1) is 0 Å². The molecule has 1 unspecified atom stereocenters. The Bertz CT molecular complexity index is 578. The predicted octanol–water partition coefficient (Wildman–Crippen LogP) is 2.78. The summed E-state index contributed by atoms with van der Waals surface area (Å²) in [6.45, 7) is 9.81. The van der Waals surface area contributed by atoms with Crippen LogP contribution in [0.5, 0.6) is 5.75 Å². The van der Waals surface area contributed by atoms with E-state index in [1.165, 1.54) is 0 Å². The van der Waals surface area contributed by atoms with Gasteiger partial charge in [0.05, 0.1) is 26.4 Å². The Labute approximate surface area is 163 Å². The molecule has 1 heterocycles. The van der Waals surface area contributed by atoms with Crippen LogP contribution in [0.25, 0.3) is 0 Å². The van der Waals surface area contributed by atoms with Gasteiger partial charge < -0.3 is 24.4 Å². The lowest BCUT2D eigenvalue weighted by atomic mass is 10.1. The zero-order valence-corrected chi connectivity index (χ0v) is 17.2. The highest BCUT2D eigenvalue weighted by atomic mass is 16.5. The van der Waals surface area contributed by atoms with E-state index >= 15 is 0 Å². The van der Waals surface area contributed by atoms with Gasteiger partial charge in [0.1, 0.15) is 5.75 Å². The van der Waals surface area contributed by atoms with Crippen LogP contribution in [0.1, 0.15) is 25.8 Å². The molecule has 2 rings (SSSR count). The van der Waals surface area contributed by atoms with E-state index in [4.69, 9.17) is 14.2 Å². The standard InChI is InChI=1S/C21H35N3O3/c1-17(2)15-27-20-8-6-5-7-19(20)13-23-21(22-3)24-10-9-18(14-24)16-26-12-11-25-4/h5-8,17-18H,9-16H2,1-4H3,(H,22,23). The summed E-state index contributed by atoms with van der Waals surface area (Å²) < 4.78 is 16.7. The monoisotopic (exact) mass is 377 g/mol. The number of methoxy groups -OCH3 is 1. The number of guanidine groups is 1. The fourth-order valence-corrected chi connectivity index (χ4v) is 3.11. The van der Waals surface area contributed by atoms with Gasteiger partial charge in [-0.3, -0.25) is 4.99 Å². The largest absolute Gasteiger partial charge is 0.493 e. The molecule has 0 amide bonds. The zero-order chi connectivity index (χ0) is 19.5. The van der Waals surface area contributed by atoms with Gasteiger partial charge in [0.15, 0.2) is 5.96 Å². The first-order valence-electron chi connectivity index (χ1n) is 9.87. The summed E-state index contributed by atoms with van der Waals surface area (Å²) in [5.74, 6) is 2.93. The number of para-hydroxylation sites is 1. The second kappa shape index (κ2) is 11.8. The molecule has 1 fully saturated rings. The van der Waals surface area contributed by atoms with Gasteiger partial charge in [-0.1, -0.05) is 32.0 Å². The second-order valence-corrected chi connectivity index (χ2v) is 7.38. The third-order valence-electron chi connectivity index (χ3n) is 4.56. The number of hydrogen-bond acceptors (Lipinski definition) is 4. The molecule has 1 saturated heterocycles. The highest BCUT2D eigenvalue weighted by Crippen LogP contribution is 2.20. The average molecular weight is 378 g/mol. The van der Waals surface area contributed by atoms with Crippen LogP contribution in [0.4, 0.5) is 0 Å². The van der Waals surface area contributed by atoms with Crippen LogP contribution >= 0.6 is 0 Å². The lowest BCUT2D eigenvalue weighted by Crippen LogP contribution is -2.40. The lowest BCUT2D eigenvalue weighted by Gasteiger charge is -2.22. The minimum atomic E-state index is 0.506. The highest BCUT2D eigenvalue weighted by Gasteiger charge is 2.25. The van der Waals surface area contributed by atoms with Crippen molar-refractivity contribution in [1.82, 2.24) is 10.2 Å². The van der Waals surface area contributed by atoms with Crippen LogP contribution in [0.3, 0.4) is 0 Å². The molecule has 0 aliphatic carbocycles. The molecule has 1 aromatic rings. The molecule has 6 heteroatoms. The molecule has 1 aliphatic heterocycles. The van der Waals surface area contributed by atoms with Crippen molar-refractivity contribution in [2.24, 2.45) is 16.8 Å². The molecule has 1 N–H and O–H groups in total. The predicted molar refractivity (Wildman–Crippen MR) is 109 cm³/mol. The number of likely N-dealkylation sites (tertiary alicyclic amines) is 1. The molecule has 0 aromatic heterocycles. The van der Waals surface area contributed by atoms with Crippen molar-refractivity contribution in [3.8, 4) is 5.75 Å². The molecule has 0 spiro atoms. The van der Waals surface area contributed by atoms with Crippen LogP contribution in [-0.4, -0.2) is 64.5 Å². The number of nitrogens with one attached hydrogen (secondary N) is 1. The van der Waals surface area contributed by atoms with Crippen LogP contribution in [0.2, 0.25) is 0 Å². The summed E-state index contributed by atoms with van der Waals surface area (Å²) in [6, 6.07) is 8.20. The first-order chi connectivity index (χ1) is 13.1. The van der Waals surface area contributed by atoms with Crippen molar-refractivity contribution in [2.75, 3.05) is 53.7 Å². The van der Waals surface area contributed by atoms with Crippen molar-refractivity contribution in [3.05, 3.63) is 29.8 Å². The lowest BCUT2D eigenvalue weighted by molar-refractivity contribution is 0.0536. The minimum absolute atomic E-state index is 0.506. The summed E-state index contributed by atoms with van der Waals surface area (Å²) in [5.41, 5.74) is 1.15. The zero-order valence-electron chi connectivity index (χ0n) is 17.2. The van der Waals surface area contributed by atoms with Gasteiger partial charge in [0.2, 0.25) is 0 Å². The summed E-state index contributed by atoms with van der Waals surface area (Å²) in [5, 5.41) is 3.49. The van der Waals surface area contributed by atoms with Crippen LogP contribution in [0.15, 0.2) is 29.3 Å². The third kappa shape index (κ3) is 7.39. The van der Waals surface area contributed by atoms with E-state index in [1.807, 2.05) is 25.2 Å². The van der Waals surface area contributed by atoms with E-state index in [2.05, 4.69) is 35.1 Å². The molecule has 1 atom stereocenters. The van der Waals surface area contributed by atoms with E-state index < -0.39 is 0 Å². The van der Waals surface area contributed by atoms with Gasteiger partial charge in [0, 0.05) is 45.3 Å². The molecule has 0 radical (unpaired) electrons. The normalized spacial score (nSPS) is 17.6. The fourth-order valence-electron chi connectivity index (χ4n) is 3.11. The Morgan fingerprint density at radius 2 is 2.11 bits per heavy atom. The topological polar surface area (TPSA) is 55.3 Å². The van der Waals surface area contributed by atoms with Gasteiger partial charge in [-0.25, -0.2) is 0 Å². The van der Waals surface area contributed by atoms with Crippen LogP contribution in [-0.2, 0) is 16.0 Å². The number of benzene rings is 1. The molecule has 152 valence electrons. The van der Waals surface area contributed by atoms with Gasteiger partial charge in [0.25, 0.3) is 0 Å². The molecule has 1 aromatic carbocycles. The summed E-state index contributed by atoms with van der Waals surface area (Å²) in [6.07, 6.45) is 1.13. The number of ether oxygens (including phenoxy) is 3. The second-order valence-electron chi connectivity index (χ2n) is 7.38. The van der Waals surface area contributed by atoms with Crippen LogP contribution in [0, 0.1) is 11.8 Å². The molecule has 1 aliphatic rings. The first-order valence-corrected chi connectivity index (χ1v) is 9.87. The average Bonchev–Trinajstić information content (AvgIpc) is 3.13. The van der Waals surface area contributed by atoms with Crippen LogP contribution < -0.4 is 10.1 Å².